The van der Waals surface area contributed by atoms with Crippen molar-refractivity contribution >= 4 is 55.7 Å². The number of aryl methyl sites for hydroxylation is 2. The van der Waals surface area contributed by atoms with E-state index >= 15 is 0 Å². The standard InChI is InChI=1S/C30H27BrN4O5S/c1-18-9-10-22(13-19(18)2)38-11-12-39-27-24(31)15-20(16-25(27)37-3)14-23-28(32)35-30(33-29(23)36)41-26(34-35)17-40-21-7-5-4-6-8-21/h4-10,13-16,32H,11-12,17H2,1-3H3/b23-14-,32-28?. The van der Waals surface area contributed by atoms with Crippen molar-refractivity contribution in [1.82, 2.24) is 5.01 Å². The molecule has 0 saturated carbocycles. The molecule has 1 N–H and O–H groups in total. The maximum Gasteiger partial charge on any atom is 0.283 e. The number of methoxy groups -OCH3 is 1. The van der Waals surface area contributed by atoms with Crippen molar-refractivity contribution in [3.05, 3.63) is 87.4 Å². The normalized spacial score (nSPS) is 15.4. The third kappa shape index (κ3) is 6.63. The lowest BCUT2D eigenvalue weighted by Gasteiger charge is -2.20. The van der Waals surface area contributed by atoms with Crippen molar-refractivity contribution in [1.29, 1.82) is 5.41 Å². The first-order valence-electron chi connectivity index (χ1n) is 12.7. The zero-order valence-electron chi connectivity index (χ0n) is 22.6. The number of thioether (sulfide) groups is 1. The molecule has 0 unspecified atom stereocenters. The zero-order chi connectivity index (χ0) is 28.9. The Labute approximate surface area is 250 Å². The molecule has 2 heterocycles. The van der Waals surface area contributed by atoms with Gasteiger partial charge in [-0.3, -0.25) is 10.2 Å². The molecular formula is C30H27BrN4O5S. The fourth-order valence-corrected chi connectivity index (χ4v) is 5.36. The first-order chi connectivity index (χ1) is 19.8. The second-order valence-corrected chi connectivity index (χ2v) is 11.0. The molecular weight excluding hydrogens is 608 g/mol. The van der Waals surface area contributed by atoms with Gasteiger partial charge in [-0.05, 0) is 101 Å². The van der Waals surface area contributed by atoms with E-state index in [9.17, 15) is 4.79 Å². The second-order valence-electron chi connectivity index (χ2n) is 9.09. The number of carbonyl (C=O) groups excluding carboxylic acids is 1. The van der Waals surface area contributed by atoms with Gasteiger partial charge in [-0.2, -0.15) is 15.1 Å². The number of hydrogen-bond acceptors (Lipinski definition) is 8. The van der Waals surface area contributed by atoms with Gasteiger partial charge in [0, 0.05) is 0 Å². The highest BCUT2D eigenvalue weighted by atomic mass is 79.9. The molecule has 0 spiro atoms. The van der Waals surface area contributed by atoms with E-state index in [1.54, 1.807) is 18.2 Å². The molecule has 2 aliphatic rings. The quantitative estimate of drug-likeness (QED) is 0.208. The van der Waals surface area contributed by atoms with Gasteiger partial charge in [-0.1, -0.05) is 24.3 Å². The van der Waals surface area contributed by atoms with Crippen LogP contribution in [0.25, 0.3) is 6.08 Å². The van der Waals surface area contributed by atoms with Crippen LogP contribution in [0.1, 0.15) is 16.7 Å². The first-order valence-corrected chi connectivity index (χ1v) is 14.3. The van der Waals surface area contributed by atoms with Gasteiger partial charge in [0.2, 0.25) is 5.17 Å². The van der Waals surface area contributed by atoms with E-state index in [1.807, 2.05) is 55.5 Å². The Balaban J connectivity index is 1.26. The summed E-state index contributed by atoms with van der Waals surface area (Å²) in [6.07, 6.45) is 1.59. The Morgan fingerprint density at radius 3 is 2.51 bits per heavy atom. The van der Waals surface area contributed by atoms with Gasteiger partial charge in [-0.15, -0.1) is 0 Å². The number of benzene rings is 3. The van der Waals surface area contributed by atoms with Crippen molar-refractivity contribution < 1.29 is 23.7 Å². The first kappa shape index (κ1) is 28.4. The molecule has 210 valence electrons. The number of halogens is 1. The summed E-state index contributed by atoms with van der Waals surface area (Å²) in [5.41, 5.74) is 3.10. The highest BCUT2D eigenvalue weighted by Gasteiger charge is 2.35. The highest BCUT2D eigenvalue weighted by Crippen LogP contribution is 2.38. The summed E-state index contributed by atoms with van der Waals surface area (Å²) < 4.78 is 23.7. The predicted octanol–water partition coefficient (Wildman–Crippen LogP) is 6.23. The number of rotatable bonds is 10. The minimum absolute atomic E-state index is 0.0684. The number of hydrogen-bond donors (Lipinski definition) is 1. The number of aliphatic imine (C=N–C) groups is 1. The number of hydrazone groups is 1. The van der Waals surface area contributed by atoms with Crippen LogP contribution < -0.4 is 18.9 Å². The van der Waals surface area contributed by atoms with E-state index in [4.69, 9.17) is 24.4 Å². The van der Waals surface area contributed by atoms with Gasteiger partial charge < -0.3 is 18.9 Å². The predicted molar refractivity (Wildman–Crippen MR) is 165 cm³/mol. The SMILES string of the molecule is COc1cc(/C=C2/C(=N)N3N=C(COc4ccccc4)SC3=NC2=O)cc(Br)c1OCCOc1ccc(C)c(C)c1. The fourth-order valence-electron chi connectivity index (χ4n) is 3.99. The summed E-state index contributed by atoms with van der Waals surface area (Å²) in [6, 6.07) is 18.8. The van der Waals surface area contributed by atoms with Crippen molar-refractivity contribution in [3.63, 3.8) is 0 Å². The molecule has 0 aliphatic carbocycles. The molecule has 11 heteroatoms. The van der Waals surface area contributed by atoms with Crippen LogP contribution in [-0.2, 0) is 4.79 Å². The van der Waals surface area contributed by atoms with Gasteiger partial charge >= 0.3 is 0 Å². The second kappa shape index (κ2) is 12.6. The molecule has 0 radical (unpaired) electrons. The molecule has 2 aliphatic heterocycles. The summed E-state index contributed by atoms with van der Waals surface area (Å²) in [6.45, 7) is 4.95. The van der Waals surface area contributed by atoms with Crippen LogP contribution in [0, 0.1) is 19.3 Å². The molecule has 9 nitrogen and oxygen atoms in total. The lowest BCUT2D eigenvalue weighted by Crippen LogP contribution is -2.35. The monoisotopic (exact) mass is 634 g/mol. The minimum Gasteiger partial charge on any atom is -0.493 e. The number of fused-ring (bicyclic) bond motifs is 1. The molecule has 3 aromatic carbocycles. The van der Waals surface area contributed by atoms with Gasteiger partial charge in [0.25, 0.3) is 5.91 Å². The van der Waals surface area contributed by atoms with Crippen LogP contribution in [0.15, 0.2) is 80.8 Å². The number of carbonyl (C=O) groups is 1. The summed E-state index contributed by atoms with van der Waals surface area (Å²) >= 11 is 4.75. The number of nitrogens with one attached hydrogen (secondary N) is 1. The van der Waals surface area contributed by atoms with E-state index in [1.165, 1.54) is 29.4 Å². The molecule has 0 bridgehead atoms. The number of nitrogens with zero attached hydrogens (tertiary/aromatic N) is 3. The molecule has 0 atom stereocenters. The third-order valence-electron chi connectivity index (χ3n) is 6.24. The fraction of sp³-hybridized carbons (Fsp3) is 0.200. The minimum atomic E-state index is -0.520. The Morgan fingerprint density at radius 1 is 0.976 bits per heavy atom. The zero-order valence-corrected chi connectivity index (χ0v) is 25.0. The van der Waals surface area contributed by atoms with Crippen LogP contribution in [0.5, 0.6) is 23.0 Å². The van der Waals surface area contributed by atoms with E-state index < -0.39 is 5.91 Å². The maximum absolute atomic E-state index is 12.9. The average molecular weight is 636 g/mol. The molecule has 41 heavy (non-hydrogen) atoms. The van der Waals surface area contributed by atoms with Gasteiger partial charge in [0.05, 0.1) is 17.2 Å². The Kier molecular flexibility index (Phi) is 8.75. The molecule has 0 saturated heterocycles. The lowest BCUT2D eigenvalue weighted by molar-refractivity contribution is -0.114. The van der Waals surface area contributed by atoms with Gasteiger partial charge in [0.15, 0.2) is 17.3 Å². The van der Waals surface area contributed by atoms with Gasteiger partial charge in [-0.25, -0.2) is 0 Å². The lowest BCUT2D eigenvalue weighted by atomic mass is 10.1. The number of amidine groups is 2. The highest BCUT2D eigenvalue weighted by molar-refractivity contribution is 9.10. The van der Waals surface area contributed by atoms with Crippen LogP contribution in [0.2, 0.25) is 0 Å². The topological polar surface area (TPSA) is 106 Å². The summed E-state index contributed by atoms with van der Waals surface area (Å²) in [7, 11) is 1.54. The summed E-state index contributed by atoms with van der Waals surface area (Å²) in [4.78, 5) is 17.0. The van der Waals surface area contributed by atoms with E-state index in [0.29, 0.717) is 50.7 Å². The van der Waals surface area contributed by atoms with Crippen molar-refractivity contribution in [2.24, 2.45) is 10.1 Å². The molecule has 0 aromatic heterocycles. The van der Waals surface area contributed by atoms with E-state index in [2.05, 4.69) is 32.9 Å². The average Bonchev–Trinajstić information content (AvgIpc) is 3.38. The Bertz CT molecular complexity index is 1590. The smallest absolute Gasteiger partial charge is 0.283 e. The maximum atomic E-state index is 12.9. The largest absolute Gasteiger partial charge is 0.493 e. The van der Waals surface area contributed by atoms with Crippen LogP contribution >= 0.6 is 27.7 Å². The van der Waals surface area contributed by atoms with E-state index in [0.717, 1.165) is 11.3 Å². The van der Waals surface area contributed by atoms with Crippen LogP contribution in [-0.4, -0.2) is 53.9 Å². The molecule has 5 rings (SSSR count). The molecule has 0 fully saturated rings. The van der Waals surface area contributed by atoms with Crippen LogP contribution in [0.3, 0.4) is 0 Å². The molecule has 1 amide bonds. The molecule has 3 aromatic rings. The number of ether oxygens (including phenoxy) is 4. The summed E-state index contributed by atoms with van der Waals surface area (Å²) in [5.74, 6) is 1.87. The van der Waals surface area contributed by atoms with Crippen molar-refractivity contribution in [2.75, 3.05) is 26.9 Å². The third-order valence-corrected chi connectivity index (χ3v) is 7.71. The summed E-state index contributed by atoms with van der Waals surface area (Å²) in [5, 5.41) is 15.4. The van der Waals surface area contributed by atoms with Crippen LogP contribution in [0.4, 0.5) is 0 Å². The Morgan fingerprint density at radius 2 is 1.76 bits per heavy atom. The number of amides is 1. The van der Waals surface area contributed by atoms with Gasteiger partial charge in [0.1, 0.15) is 36.4 Å². The number of para-hydroxylation sites is 1. The Hall–Kier alpha value is -4.09. The van der Waals surface area contributed by atoms with Crippen molar-refractivity contribution in [3.8, 4) is 23.0 Å². The van der Waals surface area contributed by atoms with Crippen molar-refractivity contribution in [2.45, 2.75) is 13.8 Å². The van der Waals surface area contributed by atoms with E-state index in [-0.39, 0.29) is 18.0 Å².